The first-order valence-electron chi connectivity index (χ1n) is 6.26. The summed E-state index contributed by atoms with van der Waals surface area (Å²) in [4.78, 5) is 13.7. The van der Waals surface area contributed by atoms with Gasteiger partial charge in [-0.05, 0) is 43.5 Å². The van der Waals surface area contributed by atoms with Gasteiger partial charge in [0.25, 0.3) is 0 Å². The third kappa shape index (κ3) is 4.08. The molecule has 1 fully saturated rings. The van der Waals surface area contributed by atoms with Crippen LogP contribution in [0.4, 0.5) is 19.3 Å². The number of hydrogen-bond acceptors (Lipinski definition) is 2. The van der Waals surface area contributed by atoms with E-state index >= 15 is 0 Å². The van der Waals surface area contributed by atoms with Crippen LogP contribution in [0.1, 0.15) is 19.3 Å². The number of benzene rings is 1. The smallest absolute Gasteiger partial charge is 0.387 e. The zero-order chi connectivity index (χ0) is 13.7. The van der Waals surface area contributed by atoms with E-state index < -0.39 is 6.61 Å². The number of piperidine rings is 1. The number of carbonyl (C=O) groups is 1. The molecule has 1 heterocycles. The Balaban J connectivity index is 1.89. The van der Waals surface area contributed by atoms with Crippen molar-refractivity contribution in [2.75, 3.05) is 18.4 Å². The summed E-state index contributed by atoms with van der Waals surface area (Å²) in [6.45, 7) is -1.31. The third-order valence-electron chi connectivity index (χ3n) is 2.97. The lowest BCUT2D eigenvalue weighted by molar-refractivity contribution is -0.0498. The number of anilines is 1. The molecule has 6 heteroatoms. The molecule has 1 N–H and O–H groups in total. The van der Waals surface area contributed by atoms with E-state index in [2.05, 4.69) is 10.1 Å². The topological polar surface area (TPSA) is 41.6 Å². The standard InChI is InChI=1S/C13H16F2N2O2/c14-12(15)19-11-6-4-10(5-7-11)16-13(18)17-8-2-1-3-9-17/h4-7,12H,1-3,8-9H2,(H,16,18). The average molecular weight is 270 g/mol. The van der Waals surface area contributed by atoms with Gasteiger partial charge in [-0.25, -0.2) is 4.79 Å². The van der Waals surface area contributed by atoms with Crippen LogP contribution in [0.25, 0.3) is 0 Å². The number of likely N-dealkylation sites (tertiary alicyclic amines) is 1. The molecule has 0 aromatic heterocycles. The van der Waals surface area contributed by atoms with Crippen LogP contribution in [-0.4, -0.2) is 30.6 Å². The summed E-state index contributed by atoms with van der Waals surface area (Å²) < 4.78 is 28.2. The lowest BCUT2D eigenvalue weighted by Gasteiger charge is -2.26. The number of halogens is 2. The number of carbonyl (C=O) groups excluding carboxylic acids is 1. The third-order valence-corrected chi connectivity index (χ3v) is 2.97. The molecule has 0 unspecified atom stereocenters. The molecule has 19 heavy (non-hydrogen) atoms. The molecule has 0 radical (unpaired) electrons. The Labute approximate surface area is 110 Å². The molecule has 0 aliphatic carbocycles. The monoisotopic (exact) mass is 270 g/mol. The van der Waals surface area contributed by atoms with E-state index in [1.165, 1.54) is 12.1 Å². The Morgan fingerprint density at radius 2 is 1.79 bits per heavy atom. The van der Waals surface area contributed by atoms with Crippen molar-refractivity contribution in [3.05, 3.63) is 24.3 Å². The van der Waals surface area contributed by atoms with Crippen molar-refractivity contribution in [3.8, 4) is 5.75 Å². The van der Waals surface area contributed by atoms with Crippen molar-refractivity contribution in [3.63, 3.8) is 0 Å². The lowest BCUT2D eigenvalue weighted by Crippen LogP contribution is -2.38. The molecule has 0 saturated carbocycles. The lowest BCUT2D eigenvalue weighted by atomic mass is 10.1. The number of urea groups is 1. The van der Waals surface area contributed by atoms with Crippen LogP contribution in [0.3, 0.4) is 0 Å². The largest absolute Gasteiger partial charge is 0.435 e. The normalized spacial score (nSPS) is 15.4. The Morgan fingerprint density at radius 3 is 2.37 bits per heavy atom. The predicted octanol–water partition coefficient (Wildman–Crippen LogP) is 3.31. The van der Waals surface area contributed by atoms with E-state index in [0.717, 1.165) is 32.4 Å². The zero-order valence-corrected chi connectivity index (χ0v) is 10.4. The van der Waals surface area contributed by atoms with Gasteiger partial charge in [-0.1, -0.05) is 0 Å². The molecular weight excluding hydrogens is 254 g/mol. The highest BCUT2D eigenvalue weighted by molar-refractivity contribution is 5.89. The summed E-state index contributed by atoms with van der Waals surface area (Å²) in [7, 11) is 0. The van der Waals surface area contributed by atoms with Gasteiger partial charge in [-0.15, -0.1) is 0 Å². The SMILES string of the molecule is O=C(Nc1ccc(OC(F)F)cc1)N1CCCCC1. The molecule has 2 amide bonds. The summed E-state index contributed by atoms with van der Waals surface area (Å²) in [5, 5.41) is 2.74. The van der Waals surface area contributed by atoms with Crippen molar-refractivity contribution >= 4 is 11.7 Å². The van der Waals surface area contributed by atoms with Crippen molar-refractivity contribution in [2.45, 2.75) is 25.9 Å². The Bertz CT molecular complexity index is 417. The minimum Gasteiger partial charge on any atom is -0.435 e. The second-order valence-corrected chi connectivity index (χ2v) is 4.38. The summed E-state index contributed by atoms with van der Waals surface area (Å²) in [5.74, 6) is 0.0750. The van der Waals surface area contributed by atoms with Gasteiger partial charge in [0, 0.05) is 18.8 Å². The van der Waals surface area contributed by atoms with E-state index in [4.69, 9.17) is 0 Å². The van der Waals surface area contributed by atoms with Crippen LogP contribution in [0.5, 0.6) is 5.75 Å². The first-order valence-corrected chi connectivity index (χ1v) is 6.26. The Hall–Kier alpha value is -1.85. The number of nitrogens with zero attached hydrogens (tertiary/aromatic N) is 1. The Morgan fingerprint density at radius 1 is 1.16 bits per heavy atom. The molecule has 1 aliphatic rings. The van der Waals surface area contributed by atoms with Gasteiger partial charge in [0.15, 0.2) is 0 Å². The van der Waals surface area contributed by atoms with Crippen LogP contribution in [-0.2, 0) is 0 Å². The van der Waals surface area contributed by atoms with Gasteiger partial charge in [0.2, 0.25) is 0 Å². The highest BCUT2D eigenvalue weighted by Gasteiger charge is 2.16. The maximum atomic E-state index is 12.0. The number of nitrogens with one attached hydrogen (secondary N) is 1. The first-order chi connectivity index (χ1) is 9.15. The molecule has 0 spiro atoms. The fraction of sp³-hybridized carbons (Fsp3) is 0.462. The Kier molecular flexibility index (Phi) is 4.54. The second kappa shape index (κ2) is 6.36. The summed E-state index contributed by atoms with van der Waals surface area (Å²) in [5.41, 5.74) is 0.567. The maximum absolute atomic E-state index is 12.0. The van der Waals surface area contributed by atoms with Crippen LogP contribution < -0.4 is 10.1 Å². The minimum absolute atomic E-state index is 0.0750. The average Bonchev–Trinajstić information content (AvgIpc) is 2.41. The van der Waals surface area contributed by atoms with E-state index in [1.54, 1.807) is 17.0 Å². The van der Waals surface area contributed by atoms with Crippen LogP contribution in [0.15, 0.2) is 24.3 Å². The van der Waals surface area contributed by atoms with Crippen LogP contribution in [0, 0.1) is 0 Å². The fourth-order valence-electron chi connectivity index (χ4n) is 2.02. The van der Waals surface area contributed by atoms with Crippen molar-refractivity contribution < 1.29 is 18.3 Å². The zero-order valence-electron chi connectivity index (χ0n) is 10.4. The van der Waals surface area contributed by atoms with E-state index in [1.807, 2.05) is 0 Å². The number of rotatable bonds is 3. The summed E-state index contributed by atoms with van der Waals surface area (Å²) in [6, 6.07) is 5.73. The molecule has 1 aromatic rings. The quantitative estimate of drug-likeness (QED) is 0.915. The maximum Gasteiger partial charge on any atom is 0.387 e. The van der Waals surface area contributed by atoms with Crippen molar-refractivity contribution in [1.29, 1.82) is 0 Å². The van der Waals surface area contributed by atoms with Crippen LogP contribution in [0.2, 0.25) is 0 Å². The van der Waals surface area contributed by atoms with E-state index in [-0.39, 0.29) is 11.8 Å². The predicted molar refractivity (Wildman–Crippen MR) is 67.5 cm³/mol. The number of ether oxygens (including phenoxy) is 1. The summed E-state index contributed by atoms with van der Waals surface area (Å²) >= 11 is 0. The highest BCUT2D eigenvalue weighted by atomic mass is 19.3. The van der Waals surface area contributed by atoms with Crippen molar-refractivity contribution in [1.82, 2.24) is 4.90 Å². The van der Waals surface area contributed by atoms with E-state index in [9.17, 15) is 13.6 Å². The van der Waals surface area contributed by atoms with Gasteiger partial charge >= 0.3 is 12.6 Å². The molecule has 1 aromatic carbocycles. The van der Waals surface area contributed by atoms with Gasteiger partial charge in [0.1, 0.15) is 5.75 Å². The molecule has 1 saturated heterocycles. The highest BCUT2D eigenvalue weighted by Crippen LogP contribution is 2.18. The summed E-state index contributed by atoms with van der Waals surface area (Å²) in [6.07, 6.45) is 3.20. The molecule has 2 rings (SSSR count). The fourth-order valence-corrected chi connectivity index (χ4v) is 2.02. The first kappa shape index (κ1) is 13.6. The van der Waals surface area contributed by atoms with Gasteiger partial charge < -0.3 is 15.0 Å². The number of alkyl halides is 2. The molecular formula is C13H16F2N2O2. The van der Waals surface area contributed by atoms with Gasteiger partial charge in [-0.3, -0.25) is 0 Å². The molecule has 4 nitrogen and oxygen atoms in total. The van der Waals surface area contributed by atoms with E-state index in [0.29, 0.717) is 5.69 Å². The van der Waals surface area contributed by atoms with Gasteiger partial charge in [-0.2, -0.15) is 8.78 Å². The van der Waals surface area contributed by atoms with Crippen molar-refractivity contribution in [2.24, 2.45) is 0 Å². The molecule has 104 valence electrons. The number of hydrogen-bond donors (Lipinski definition) is 1. The van der Waals surface area contributed by atoms with Gasteiger partial charge in [0.05, 0.1) is 0 Å². The number of amides is 2. The van der Waals surface area contributed by atoms with Crippen LogP contribution >= 0.6 is 0 Å². The second-order valence-electron chi connectivity index (χ2n) is 4.38. The minimum atomic E-state index is -2.84. The molecule has 1 aliphatic heterocycles. The molecule has 0 atom stereocenters. The molecule has 0 bridgehead atoms.